The number of esters is 1. The van der Waals surface area contributed by atoms with Crippen molar-refractivity contribution in [2.24, 2.45) is 0 Å². The molecule has 0 aliphatic rings. The third-order valence-corrected chi connectivity index (χ3v) is 3.80. The number of fused-ring (bicyclic) bond motifs is 1. The van der Waals surface area contributed by atoms with E-state index in [1.54, 1.807) is 0 Å². The molecule has 3 nitrogen and oxygen atoms in total. The Labute approximate surface area is 133 Å². The van der Waals surface area contributed by atoms with Gasteiger partial charge >= 0.3 is 5.97 Å². The van der Waals surface area contributed by atoms with E-state index in [2.05, 4.69) is 4.98 Å². The van der Waals surface area contributed by atoms with Crippen LogP contribution in [0.4, 0.5) is 0 Å². The second-order valence-electron chi connectivity index (χ2n) is 4.98. The molecule has 3 rings (SSSR count). The number of ether oxygens (including phenoxy) is 1. The van der Waals surface area contributed by atoms with E-state index >= 15 is 0 Å². The number of nitrogens with zero attached hydrogens (tertiary/aromatic N) is 1. The second kappa shape index (κ2) is 6.16. The Balaban J connectivity index is 1.90. The van der Waals surface area contributed by atoms with Crippen molar-refractivity contribution in [2.75, 3.05) is 0 Å². The van der Waals surface area contributed by atoms with Crippen LogP contribution in [0, 0.1) is 6.92 Å². The highest BCUT2D eigenvalue weighted by molar-refractivity contribution is 6.33. The molecule has 0 fully saturated rings. The van der Waals surface area contributed by atoms with E-state index in [0.29, 0.717) is 5.56 Å². The van der Waals surface area contributed by atoms with Gasteiger partial charge in [0.2, 0.25) is 0 Å². The molecule has 0 saturated heterocycles. The summed E-state index contributed by atoms with van der Waals surface area (Å²) in [5, 5.41) is 1.08. The minimum absolute atomic E-state index is 0.175. The highest BCUT2D eigenvalue weighted by Gasteiger charge is 2.19. The first kappa shape index (κ1) is 14.5. The molecule has 0 unspecified atom stereocenters. The predicted octanol–water partition coefficient (Wildman–Crippen LogP) is 4.55. The second-order valence-corrected chi connectivity index (χ2v) is 5.34. The van der Waals surface area contributed by atoms with Gasteiger partial charge in [0.1, 0.15) is 17.3 Å². The topological polar surface area (TPSA) is 39.2 Å². The summed E-state index contributed by atoms with van der Waals surface area (Å²) >= 11 is 6.17. The zero-order chi connectivity index (χ0) is 15.5. The molecule has 0 N–H and O–H groups in total. The number of rotatable bonds is 3. The third kappa shape index (κ3) is 2.81. The van der Waals surface area contributed by atoms with Gasteiger partial charge in [-0.2, -0.15) is 0 Å². The molecule has 110 valence electrons. The summed E-state index contributed by atoms with van der Waals surface area (Å²) in [6.45, 7) is 2.07. The van der Waals surface area contributed by atoms with Crippen molar-refractivity contribution in [3.05, 3.63) is 76.4 Å². The summed E-state index contributed by atoms with van der Waals surface area (Å²) in [7, 11) is 0. The summed E-state index contributed by atoms with van der Waals surface area (Å²) in [6, 6.07) is 17.1. The molecule has 3 aromatic rings. The van der Waals surface area contributed by atoms with E-state index < -0.39 is 5.97 Å². The van der Waals surface area contributed by atoms with Gasteiger partial charge in [-0.15, -0.1) is 0 Å². The molecule has 2 aromatic carbocycles. The van der Waals surface area contributed by atoms with Crippen LogP contribution < -0.4 is 0 Å². The first-order valence-corrected chi connectivity index (χ1v) is 7.30. The maximum atomic E-state index is 12.4. The van der Waals surface area contributed by atoms with Gasteiger partial charge in [0, 0.05) is 5.39 Å². The largest absolute Gasteiger partial charge is 0.457 e. The number of benzene rings is 2. The number of aryl methyl sites for hydroxylation is 1. The van der Waals surface area contributed by atoms with Crippen LogP contribution >= 0.6 is 11.6 Å². The molecule has 0 spiro atoms. The molecule has 0 atom stereocenters. The Morgan fingerprint density at radius 1 is 1.09 bits per heavy atom. The van der Waals surface area contributed by atoms with Crippen LogP contribution in [0.25, 0.3) is 10.9 Å². The first-order valence-electron chi connectivity index (χ1n) is 6.92. The number of halogens is 1. The van der Waals surface area contributed by atoms with Gasteiger partial charge in [0.15, 0.2) is 0 Å². The SMILES string of the molecule is Cc1c(C(=O)OCc2ccccc2)c(Cl)nc2ccccc12. The van der Waals surface area contributed by atoms with E-state index in [4.69, 9.17) is 16.3 Å². The van der Waals surface area contributed by atoms with Crippen molar-refractivity contribution in [1.29, 1.82) is 0 Å². The zero-order valence-electron chi connectivity index (χ0n) is 12.0. The van der Waals surface area contributed by atoms with Crippen LogP contribution in [0.15, 0.2) is 54.6 Å². The lowest BCUT2D eigenvalue weighted by molar-refractivity contribution is 0.0472. The molecule has 0 bridgehead atoms. The summed E-state index contributed by atoms with van der Waals surface area (Å²) in [5.74, 6) is -0.454. The van der Waals surface area contributed by atoms with E-state index in [1.807, 2.05) is 61.5 Å². The maximum absolute atomic E-state index is 12.4. The number of hydrogen-bond donors (Lipinski definition) is 0. The zero-order valence-corrected chi connectivity index (χ0v) is 12.8. The smallest absolute Gasteiger partial charge is 0.341 e. The Bertz CT molecular complexity index is 831. The van der Waals surface area contributed by atoms with Crippen LogP contribution in [0.1, 0.15) is 21.5 Å². The van der Waals surface area contributed by atoms with Crippen molar-refractivity contribution in [3.63, 3.8) is 0 Å². The number of carbonyl (C=O) groups excluding carboxylic acids is 1. The standard InChI is InChI=1S/C18H14ClNO2/c1-12-14-9-5-6-10-15(14)20-17(19)16(12)18(21)22-11-13-7-3-2-4-8-13/h2-10H,11H2,1H3. The number of hydrogen-bond acceptors (Lipinski definition) is 3. The predicted molar refractivity (Wildman–Crippen MR) is 87.1 cm³/mol. The van der Waals surface area contributed by atoms with E-state index in [0.717, 1.165) is 22.0 Å². The fourth-order valence-corrected chi connectivity index (χ4v) is 2.68. The molecule has 1 aromatic heterocycles. The number of carbonyl (C=O) groups is 1. The van der Waals surface area contributed by atoms with E-state index in [9.17, 15) is 4.79 Å². The summed E-state index contributed by atoms with van der Waals surface area (Å²) in [6.07, 6.45) is 0. The molecule has 0 aliphatic heterocycles. The van der Waals surface area contributed by atoms with Crippen molar-refractivity contribution in [1.82, 2.24) is 4.98 Å². The lowest BCUT2D eigenvalue weighted by Gasteiger charge is -2.11. The average molecular weight is 312 g/mol. The Morgan fingerprint density at radius 3 is 2.55 bits per heavy atom. The molecule has 0 aliphatic carbocycles. The molecule has 0 amide bonds. The Hall–Kier alpha value is -2.39. The number of aromatic nitrogens is 1. The van der Waals surface area contributed by atoms with Crippen LogP contribution in [-0.4, -0.2) is 11.0 Å². The van der Waals surface area contributed by atoms with Gasteiger partial charge in [0.05, 0.1) is 5.52 Å². The van der Waals surface area contributed by atoms with Crippen LogP contribution in [0.3, 0.4) is 0 Å². The third-order valence-electron chi connectivity index (χ3n) is 3.52. The molecular weight excluding hydrogens is 298 g/mol. The van der Waals surface area contributed by atoms with Crippen molar-refractivity contribution >= 4 is 28.5 Å². The number of para-hydroxylation sites is 1. The Morgan fingerprint density at radius 2 is 1.77 bits per heavy atom. The first-order chi connectivity index (χ1) is 10.7. The van der Waals surface area contributed by atoms with Gasteiger partial charge in [-0.25, -0.2) is 9.78 Å². The summed E-state index contributed by atoms with van der Waals surface area (Å²) < 4.78 is 5.36. The molecule has 4 heteroatoms. The monoisotopic (exact) mass is 311 g/mol. The molecule has 22 heavy (non-hydrogen) atoms. The lowest BCUT2D eigenvalue weighted by atomic mass is 10.1. The van der Waals surface area contributed by atoms with Crippen molar-refractivity contribution in [2.45, 2.75) is 13.5 Å². The Kier molecular flexibility index (Phi) is 4.07. The molecule has 0 saturated carbocycles. The van der Waals surface area contributed by atoms with Crippen LogP contribution in [0.5, 0.6) is 0 Å². The highest BCUT2D eigenvalue weighted by atomic mass is 35.5. The van der Waals surface area contributed by atoms with Gasteiger partial charge in [0.25, 0.3) is 0 Å². The quantitative estimate of drug-likeness (QED) is 0.526. The highest BCUT2D eigenvalue weighted by Crippen LogP contribution is 2.26. The fraction of sp³-hybridized carbons (Fsp3) is 0.111. The van der Waals surface area contributed by atoms with Crippen molar-refractivity contribution < 1.29 is 9.53 Å². The molecule has 0 radical (unpaired) electrons. The van der Waals surface area contributed by atoms with E-state index in [1.165, 1.54) is 0 Å². The minimum atomic E-state index is -0.454. The van der Waals surface area contributed by atoms with Crippen LogP contribution in [0.2, 0.25) is 5.15 Å². The summed E-state index contributed by atoms with van der Waals surface area (Å²) in [5.41, 5.74) is 2.81. The van der Waals surface area contributed by atoms with Gasteiger partial charge in [-0.3, -0.25) is 0 Å². The minimum Gasteiger partial charge on any atom is -0.457 e. The lowest BCUT2D eigenvalue weighted by Crippen LogP contribution is -2.09. The van der Waals surface area contributed by atoms with Gasteiger partial charge in [-0.1, -0.05) is 60.1 Å². The van der Waals surface area contributed by atoms with Gasteiger partial charge < -0.3 is 4.74 Å². The van der Waals surface area contributed by atoms with Crippen LogP contribution in [-0.2, 0) is 11.3 Å². The molecular formula is C18H14ClNO2. The van der Waals surface area contributed by atoms with E-state index in [-0.39, 0.29) is 11.8 Å². The summed E-state index contributed by atoms with van der Waals surface area (Å²) in [4.78, 5) is 16.6. The normalized spacial score (nSPS) is 10.6. The van der Waals surface area contributed by atoms with Gasteiger partial charge in [-0.05, 0) is 24.1 Å². The fourth-order valence-electron chi connectivity index (χ4n) is 2.37. The molecule has 1 heterocycles. The maximum Gasteiger partial charge on any atom is 0.341 e. The number of pyridine rings is 1. The average Bonchev–Trinajstić information content (AvgIpc) is 2.54. The van der Waals surface area contributed by atoms with Crippen molar-refractivity contribution in [3.8, 4) is 0 Å².